The number of hydrogen-bond acceptors (Lipinski definition) is 5. The molecular formula is C17H15FN2O2S2. The topological polar surface area (TPSA) is 62.2 Å². The molecule has 1 amide bonds. The summed E-state index contributed by atoms with van der Waals surface area (Å²) < 4.78 is 12.9. The summed E-state index contributed by atoms with van der Waals surface area (Å²) in [6, 6.07) is 9.46. The second-order valence-electron chi connectivity index (χ2n) is 5.19. The number of thiazole rings is 1. The molecule has 0 spiro atoms. The number of rotatable bonds is 5. The van der Waals surface area contributed by atoms with Crippen LogP contribution in [0.15, 0.2) is 41.8 Å². The van der Waals surface area contributed by atoms with Gasteiger partial charge in [-0.3, -0.25) is 4.79 Å². The number of benzene rings is 1. The van der Waals surface area contributed by atoms with Gasteiger partial charge in [0.15, 0.2) is 0 Å². The van der Waals surface area contributed by atoms with Gasteiger partial charge in [0.2, 0.25) is 0 Å². The predicted octanol–water partition coefficient (Wildman–Crippen LogP) is 3.78. The number of amides is 1. The van der Waals surface area contributed by atoms with Gasteiger partial charge >= 0.3 is 0 Å². The quantitative estimate of drug-likeness (QED) is 0.726. The van der Waals surface area contributed by atoms with Gasteiger partial charge in [-0.2, -0.15) is 0 Å². The molecule has 0 bridgehead atoms. The van der Waals surface area contributed by atoms with E-state index in [-0.39, 0.29) is 18.3 Å². The Bertz CT molecular complexity index is 829. The molecule has 3 aromatic rings. The molecule has 1 aromatic carbocycles. The molecule has 0 aliphatic heterocycles. The molecular weight excluding hydrogens is 347 g/mol. The molecule has 2 heterocycles. The van der Waals surface area contributed by atoms with Crippen molar-refractivity contribution in [2.45, 2.75) is 13.0 Å². The fourth-order valence-electron chi connectivity index (χ4n) is 2.19. The van der Waals surface area contributed by atoms with Crippen LogP contribution >= 0.6 is 22.7 Å². The number of nitrogens with one attached hydrogen (secondary N) is 1. The molecule has 0 aliphatic rings. The van der Waals surface area contributed by atoms with Crippen LogP contribution in [0.3, 0.4) is 0 Å². The summed E-state index contributed by atoms with van der Waals surface area (Å²) in [7, 11) is 0. The van der Waals surface area contributed by atoms with Crippen molar-refractivity contribution in [1.29, 1.82) is 0 Å². The van der Waals surface area contributed by atoms with Crippen LogP contribution in [0.25, 0.3) is 9.88 Å². The SMILES string of the molecule is Cc1nc(-c2cccs2)sc1C(=O)NCC(O)c1ccc(F)cc1. The maximum atomic E-state index is 12.9. The van der Waals surface area contributed by atoms with Gasteiger partial charge in [-0.25, -0.2) is 9.37 Å². The van der Waals surface area contributed by atoms with Gasteiger partial charge in [0.25, 0.3) is 5.91 Å². The highest BCUT2D eigenvalue weighted by molar-refractivity contribution is 7.22. The van der Waals surface area contributed by atoms with Crippen molar-refractivity contribution in [3.63, 3.8) is 0 Å². The van der Waals surface area contributed by atoms with Crippen molar-refractivity contribution < 1.29 is 14.3 Å². The van der Waals surface area contributed by atoms with Gasteiger partial charge in [0.05, 0.1) is 16.7 Å². The Morgan fingerprint density at radius 1 is 1.33 bits per heavy atom. The first-order chi connectivity index (χ1) is 11.5. The molecule has 124 valence electrons. The normalized spacial score (nSPS) is 12.1. The largest absolute Gasteiger partial charge is 0.387 e. The van der Waals surface area contributed by atoms with Gasteiger partial charge in [0, 0.05) is 6.54 Å². The monoisotopic (exact) mass is 362 g/mol. The van der Waals surface area contributed by atoms with Gasteiger partial charge < -0.3 is 10.4 Å². The van der Waals surface area contributed by atoms with Crippen LogP contribution < -0.4 is 5.32 Å². The smallest absolute Gasteiger partial charge is 0.263 e. The lowest BCUT2D eigenvalue weighted by Crippen LogP contribution is -2.28. The number of nitrogens with zero attached hydrogens (tertiary/aromatic N) is 1. The van der Waals surface area contributed by atoms with Crippen molar-refractivity contribution in [3.05, 3.63) is 63.7 Å². The maximum Gasteiger partial charge on any atom is 0.263 e. The second-order valence-corrected chi connectivity index (χ2v) is 7.13. The van der Waals surface area contributed by atoms with E-state index in [0.29, 0.717) is 16.1 Å². The molecule has 0 fully saturated rings. The van der Waals surface area contributed by atoms with E-state index in [4.69, 9.17) is 0 Å². The molecule has 3 rings (SSSR count). The maximum absolute atomic E-state index is 12.9. The van der Waals surface area contributed by atoms with E-state index in [0.717, 1.165) is 9.88 Å². The number of halogens is 1. The van der Waals surface area contributed by atoms with Crippen LogP contribution in [0.1, 0.15) is 27.0 Å². The van der Waals surface area contributed by atoms with Crippen molar-refractivity contribution >= 4 is 28.6 Å². The minimum Gasteiger partial charge on any atom is -0.387 e. The predicted molar refractivity (Wildman–Crippen MR) is 93.9 cm³/mol. The molecule has 2 aromatic heterocycles. The Kier molecular flexibility index (Phi) is 5.03. The van der Waals surface area contributed by atoms with Crippen LogP contribution in [0.4, 0.5) is 4.39 Å². The van der Waals surface area contributed by atoms with Crippen LogP contribution in [-0.4, -0.2) is 22.5 Å². The lowest BCUT2D eigenvalue weighted by atomic mass is 10.1. The van der Waals surface area contributed by atoms with E-state index < -0.39 is 6.10 Å². The molecule has 1 unspecified atom stereocenters. The number of aliphatic hydroxyl groups excluding tert-OH is 1. The van der Waals surface area contributed by atoms with Crippen molar-refractivity contribution in [2.24, 2.45) is 0 Å². The zero-order valence-corrected chi connectivity index (χ0v) is 14.5. The Balaban J connectivity index is 1.66. The molecule has 0 aliphatic carbocycles. The fourth-order valence-corrected chi connectivity index (χ4v) is 3.96. The summed E-state index contributed by atoms with van der Waals surface area (Å²) in [5, 5.41) is 15.6. The third kappa shape index (κ3) is 3.69. The third-order valence-corrected chi connectivity index (χ3v) is 5.64. The van der Waals surface area contributed by atoms with E-state index in [1.54, 1.807) is 18.3 Å². The van der Waals surface area contributed by atoms with E-state index >= 15 is 0 Å². The van der Waals surface area contributed by atoms with E-state index in [1.807, 2.05) is 17.5 Å². The molecule has 0 saturated carbocycles. The van der Waals surface area contributed by atoms with E-state index in [2.05, 4.69) is 10.3 Å². The van der Waals surface area contributed by atoms with Gasteiger partial charge in [-0.15, -0.1) is 22.7 Å². The highest BCUT2D eigenvalue weighted by Gasteiger charge is 2.18. The summed E-state index contributed by atoms with van der Waals surface area (Å²) in [5.41, 5.74) is 1.22. The highest BCUT2D eigenvalue weighted by Crippen LogP contribution is 2.31. The Morgan fingerprint density at radius 2 is 2.08 bits per heavy atom. The summed E-state index contributed by atoms with van der Waals surface area (Å²) >= 11 is 2.90. The lowest BCUT2D eigenvalue weighted by Gasteiger charge is -2.11. The minimum atomic E-state index is -0.889. The molecule has 1 atom stereocenters. The van der Waals surface area contributed by atoms with Crippen LogP contribution in [0.5, 0.6) is 0 Å². The van der Waals surface area contributed by atoms with Crippen LogP contribution in [-0.2, 0) is 0 Å². The second kappa shape index (κ2) is 7.21. The molecule has 0 radical (unpaired) electrons. The highest BCUT2D eigenvalue weighted by atomic mass is 32.1. The number of aromatic nitrogens is 1. The Morgan fingerprint density at radius 3 is 2.75 bits per heavy atom. The van der Waals surface area contributed by atoms with Crippen molar-refractivity contribution in [3.8, 4) is 9.88 Å². The number of aryl methyl sites for hydroxylation is 1. The summed E-state index contributed by atoms with van der Waals surface area (Å²) in [4.78, 5) is 18.3. The zero-order valence-electron chi connectivity index (χ0n) is 12.8. The first-order valence-electron chi connectivity index (χ1n) is 7.27. The number of hydrogen-bond donors (Lipinski definition) is 2. The lowest BCUT2D eigenvalue weighted by molar-refractivity contribution is 0.0919. The van der Waals surface area contributed by atoms with Gasteiger partial charge in [-0.05, 0) is 36.1 Å². The summed E-state index contributed by atoms with van der Waals surface area (Å²) in [6.45, 7) is 1.84. The number of carbonyl (C=O) groups is 1. The minimum absolute atomic E-state index is 0.0517. The first kappa shape index (κ1) is 16.8. The standard InChI is InChI=1S/C17H15FN2O2S2/c1-10-15(24-17(20-10)14-3-2-8-23-14)16(22)19-9-13(21)11-4-6-12(18)7-5-11/h2-8,13,21H,9H2,1H3,(H,19,22). The molecule has 2 N–H and O–H groups in total. The summed E-state index contributed by atoms with van der Waals surface area (Å²) in [6.07, 6.45) is -0.889. The van der Waals surface area contributed by atoms with Gasteiger partial charge in [0.1, 0.15) is 15.7 Å². The number of thiophene rings is 1. The van der Waals surface area contributed by atoms with E-state index in [1.165, 1.54) is 35.6 Å². The van der Waals surface area contributed by atoms with Crippen molar-refractivity contribution in [2.75, 3.05) is 6.54 Å². The van der Waals surface area contributed by atoms with Crippen LogP contribution in [0, 0.1) is 12.7 Å². The molecule has 0 saturated heterocycles. The summed E-state index contributed by atoms with van der Waals surface area (Å²) in [5.74, 6) is -0.634. The number of carbonyl (C=O) groups excluding carboxylic acids is 1. The zero-order chi connectivity index (χ0) is 17.1. The average molecular weight is 362 g/mol. The first-order valence-corrected chi connectivity index (χ1v) is 8.97. The van der Waals surface area contributed by atoms with Gasteiger partial charge in [-0.1, -0.05) is 18.2 Å². The van der Waals surface area contributed by atoms with Crippen molar-refractivity contribution in [1.82, 2.24) is 10.3 Å². The molecule has 7 heteroatoms. The Labute approximate surface area is 146 Å². The molecule has 4 nitrogen and oxygen atoms in total. The third-order valence-electron chi connectivity index (χ3n) is 3.45. The van der Waals surface area contributed by atoms with Crippen LogP contribution in [0.2, 0.25) is 0 Å². The fraction of sp³-hybridized carbons (Fsp3) is 0.176. The Hall–Kier alpha value is -2.09. The number of aliphatic hydroxyl groups is 1. The average Bonchev–Trinajstić information content (AvgIpc) is 3.22. The van der Waals surface area contributed by atoms with E-state index in [9.17, 15) is 14.3 Å². The molecule has 24 heavy (non-hydrogen) atoms.